The standard InChI is InChI=1S/C13H10BrClN2O3S/c1-6-10(13(19)20)12(21-16-6)17(2)11(18)8-4-3-7(15)5-9(8)14/h3-5H,1-2H3,(H,19,20). The molecular formula is C13H10BrClN2O3S. The largest absolute Gasteiger partial charge is 0.478 e. The Hall–Kier alpha value is -1.44. The van der Waals surface area contributed by atoms with Crippen LogP contribution in [-0.2, 0) is 0 Å². The number of aromatic nitrogens is 1. The second kappa shape index (κ2) is 6.13. The lowest BCUT2D eigenvalue weighted by Crippen LogP contribution is -2.27. The number of halogens is 2. The summed E-state index contributed by atoms with van der Waals surface area (Å²) in [7, 11) is 1.52. The van der Waals surface area contributed by atoms with E-state index in [0.29, 0.717) is 25.8 Å². The first-order valence-corrected chi connectivity index (χ1v) is 7.70. The third kappa shape index (κ3) is 3.09. The van der Waals surface area contributed by atoms with E-state index in [2.05, 4.69) is 20.3 Å². The van der Waals surface area contributed by atoms with Crippen molar-refractivity contribution < 1.29 is 14.7 Å². The number of aryl methyl sites for hydroxylation is 1. The van der Waals surface area contributed by atoms with Crippen LogP contribution < -0.4 is 4.90 Å². The van der Waals surface area contributed by atoms with Gasteiger partial charge < -0.3 is 10.0 Å². The SMILES string of the molecule is Cc1nsc(N(C)C(=O)c2ccc(Cl)cc2Br)c1C(=O)O. The molecule has 0 aliphatic carbocycles. The summed E-state index contributed by atoms with van der Waals surface area (Å²) in [4.78, 5) is 25.1. The molecule has 0 saturated heterocycles. The molecule has 0 atom stereocenters. The van der Waals surface area contributed by atoms with Crippen molar-refractivity contribution >= 4 is 55.9 Å². The van der Waals surface area contributed by atoms with Gasteiger partial charge in [-0.05, 0) is 52.6 Å². The zero-order valence-electron chi connectivity index (χ0n) is 11.1. The first-order valence-electron chi connectivity index (χ1n) is 5.75. The fourth-order valence-corrected chi connectivity index (χ4v) is 3.47. The molecule has 0 spiro atoms. The molecule has 0 saturated carbocycles. The molecule has 5 nitrogen and oxygen atoms in total. The molecule has 0 radical (unpaired) electrons. The molecule has 110 valence electrons. The Bertz CT molecular complexity index is 732. The average Bonchev–Trinajstić information content (AvgIpc) is 2.79. The maximum atomic E-state index is 12.5. The maximum Gasteiger partial charge on any atom is 0.340 e. The Kier molecular flexibility index (Phi) is 4.65. The molecule has 1 heterocycles. The summed E-state index contributed by atoms with van der Waals surface area (Å²) in [5.74, 6) is -1.45. The number of carbonyl (C=O) groups excluding carboxylic acids is 1. The number of nitrogens with zero attached hydrogens (tertiary/aromatic N) is 2. The maximum absolute atomic E-state index is 12.5. The summed E-state index contributed by atoms with van der Waals surface area (Å²) in [5, 5.41) is 10.0. The van der Waals surface area contributed by atoms with Crippen LogP contribution in [0.2, 0.25) is 5.02 Å². The van der Waals surface area contributed by atoms with Crippen LogP contribution in [-0.4, -0.2) is 28.4 Å². The fraction of sp³-hybridized carbons (Fsp3) is 0.154. The van der Waals surface area contributed by atoms with Crippen molar-refractivity contribution in [3.8, 4) is 0 Å². The Morgan fingerprint density at radius 3 is 2.67 bits per heavy atom. The van der Waals surface area contributed by atoms with Crippen LogP contribution in [0.15, 0.2) is 22.7 Å². The van der Waals surface area contributed by atoms with E-state index in [9.17, 15) is 14.7 Å². The minimum Gasteiger partial charge on any atom is -0.478 e. The highest BCUT2D eigenvalue weighted by atomic mass is 79.9. The number of hydrogen-bond donors (Lipinski definition) is 1. The fourth-order valence-electron chi connectivity index (χ4n) is 1.77. The first-order chi connectivity index (χ1) is 9.82. The summed E-state index contributed by atoms with van der Waals surface area (Å²) >= 11 is 10.1. The number of carboxylic acids is 1. The van der Waals surface area contributed by atoms with E-state index in [1.807, 2.05) is 0 Å². The van der Waals surface area contributed by atoms with Gasteiger partial charge in [-0.25, -0.2) is 4.79 Å². The number of carbonyl (C=O) groups is 2. The molecule has 0 bridgehead atoms. The number of anilines is 1. The topological polar surface area (TPSA) is 70.5 Å². The predicted octanol–water partition coefficient (Wildman–Crippen LogP) is 3.84. The van der Waals surface area contributed by atoms with Gasteiger partial charge >= 0.3 is 5.97 Å². The normalized spacial score (nSPS) is 10.5. The number of benzene rings is 1. The van der Waals surface area contributed by atoms with Gasteiger partial charge in [0.25, 0.3) is 5.91 Å². The van der Waals surface area contributed by atoms with Crippen molar-refractivity contribution in [1.29, 1.82) is 0 Å². The summed E-state index contributed by atoms with van der Waals surface area (Å²) < 4.78 is 4.55. The highest BCUT2D eigenvalue weighted by Gasteiger charge is 2.25. The predicted molar refractivity (Wildman–Crippen MR) is 85.7 cm³/mol. The minimum absolute atomic E-state index is 0.0425. The minimum atomic E-state index is -1.11. The van der Waals surface area contributed by atoms with E-state index in [4.69, 9.17) is 11.6 Å². The van der Waals surface area contributed by atoms with Crippen molar-refractivity contribution in [1.82, 2.24) is 4.37 Å². The van der Waals surface area contributed by atoms with E-state index in [1.54, 1.807) is 25.1 Å². The van der Waals surface area contributed by atoms with Crippen molar-refractivity contribution in [2.24, 2.45) is 0 Å². The van der Waals surface area contributed by atoms with Gasteiger partial charge in [0.05, 0.1) is 11.3 Å². The van der Waals surface area contributed by atoms with Crippen LogP contribution in [0, 0.1) is 6.92 Å². The van der Waals surface area contributed by atoms with Crippen LogP contribution in [0.5, 0.6) is 0 Å². The lowest BCUT2D eigenvalue weighted by atomic mass is 10.2. The lowest BCUT2D eigenvalue weighted by molar-refractivity contribution is 0.0697. The van der Waals surface area contributed by atoms with Crippen molar-refractivity contribution in [3.05, 3.63) is 44.5 Å². The number of rotatable bonds is 3. The van der Waals surface area contributed by atoms with E-state index in [0.717, 1.165) is 11.5 Å². The molecule has 8 heteroatoms. The molecule has 2 aromatic rings. The van der Waals surface area contributed by atoms with Gasteiger partial charge in [0, 0.05) is 16.5 Å². The molecule has 0 fully saturated rings. The second-order valence-electron chi connectivity index (χ2n) is 4.24. The van der Waals surface area contributed by atoms with Gasteiger partial charge in [-0.1, -0.05) is 11.6 Å². The van der Waals surface area contributed by atoms with Gasteiger partial charge in [-0.15, -0.1) is 0 Å². The molecule has 0 aliphatic rings. The smallest absolute Gasteiger partial charge is 0.340 e. The molecule has 1 aromatic heterocycles. The highest BCUT2D eigenvalue weighted by molar-refractivity contribution is 9.10. The quantitative estimate of drug-likeness (QED) is 0.866. The van der Waals surface area contributed by atoms with Crippen LogP contribution in [0.1, 0.15) is 26.4 Å². The number of amides is 1. The Balaban J connectivity index is 2.42. The molecule has 2 rings (SSSR count). The van der Waals surface area contributed by atoms with E-state index >= 15 is 0 Å². The number of hydrogen-bond acceptors (Lipinski definition) is 4. The Morgan fingerprint density at radius 2 is 2.10 bits per heavy atom. The second-order valence-corrected chi connectivity index (χ2v) is 6.28. The van der Waals surface area contributed by atoms with Crippen molar-refractivity contribution in [2.45, 2.75) is 6.92 Å². The van der Waals surface area contributed by atoms with Crippen LogP contribution in [0.4, 0.5) is 5.00 Å². The van der Waals surface area contributed by atoms with Gasteiger partial charge in [0.2, 0.25) is 0 Å². The summed E-state index contributed by atoms with van der Waals surface area (Å²) in [5.41, 5.74) is 0.822. The number of carboxylic acid groups (broad SMARTS) is 1. The molecule has 1 amide bonds. The monoisotopic (exact) mass is 388 g/mol. The van der Waals surface area contributed by atoms with Gasteiger partial charge in [-0.2, -0.15) is 4.37 Å². The summed E-state index contributed by atoms with van der Waals surface area (Å²) in [6, 6.07) is 4.79. The zero-order valence-corrected chi connectivity index (χ0v) is 14.2. The van der Waals surface area contributed by atoms with Gasteiger partial charge in [-0.3, -0.25) is 4.79 Å². The molecule has 0 unspecified atom stereocenters. The molecule has 0 aliphatic heterocycles. The van der Waals surface area contributed by atoms with E-state index < -0.39 is 5.97 Å². The third-order valence-electron chi connectivity index (χ3n) is 2.83. The Labute approximate surface area is 138 Å². The number of aromatic carboxylic acids is 1. The molecular weight excluding hydrogens is 380 g/mol. The van der Waals surface area contributed by atoms with E-state index in [1.165, 1.54) is 11.9 Å². The summed E-state index contributed by atoms with van der Waals surface area (Å²) in [6.45, 7) is 1.60. The highest BCUT2D eigenvalue weighted by Crippen LogP contribution is 2.30. The lowest BCUT2D eigenvalue weighted by Gasteiger charge is -2.16. The average molecular weight is 390 g/mol. The Morgan fingerprint density at radius 1 is 1.43 bits per heavy atom. The van der Waals surface area contributed by atoms with Crippen LogP contribution in [0.3, 0.4) is 0 Å². The van der Waals surface area contributed by atoms with Gasteiger partial charge in [0.15, 0.2) is 0 Å². The molecule has 1 aromatic carbocycles. The van der Waals surface area contributed by atoms with Crippen LogP contribution >= 0.6 is 39.1 Å². The summed E-state index contributed by atoms with van der Waals surface area (Å²) in [6.07, 6.45) is 0. The molecule has 1 N–H and O–H groups in total. The third-order valence-corrected chi connectivity index (χ3v) is 4.74. The first kappa shape index (κ1) is 15.9. The zero-order chi connectivity index (χ0) is 15.7. The van der Waals surface area contributed by atoms with Gasteiger partial charge in [0.1, 0.15) is 10.6 Å². The van der Waals surface area contributed by atoms with Crippen molar-refractivity contribution in [2.75, 3.05) is 11.9 Å². The van der Waals surface area contributed by atoms with Crippen LogP contribution in [0.25, 0.3) is 0 Å². The van der Waals surface area contributed by atoms with Crippen molar-refractivity contribution in [3.63, 3.8) is 0 Å². The van der Waals surface area contributed by atoms with E-state index in [-0.39, 0.29) is 11.5 Å². The molecule has 21 heavy (non-hydrogen) atoms.